The third-order valence-electron chi connectivity index (χ3n) is 3.43. The highest BCUT2D eigenvalue weighted by atomic mass is 19.1. The lowest BCUT2D eigenvalue weighted by atomic mass is 10.1. The molecule has 4 heteroatoms. The van der Waals surface area contributed by atoms with Gasteiger partial charge in [-0.05, 0) is 55.3 Å². The van der Waals surface area contributed by atoms with Crippen molar-refractivity contribution in [2.45, 2.75) is 32.9 Å². The van der Waals surface area contributed by atoms with Crippen LogP contribution in [0.4, 0.5) is 4.39 Å². The van der Waals surface area contributed by atoms with E-state index >= 15 is 0 Å². The Bertz CT molecular complexity index is 640. The summed E-state index contributed by atoms with van der Waals surface area (Å²) in [6.45, 7) is 5.82. The molecule has 0 amide bonds. The molecule has 0 saturated heterocycles. The van der Waals surface area contributed by atoms with E-state index in [1.54, 1.807) is 6.07 Å². The lowest BCUT2D eigenvalue weighted by molar-refractivity contribution is 0.569. The molecule has 0 fully saturated rings. The standard InChI is InChI=1S/C17H20FN3/c1-3-5-20-13(2)16-4-6-21(12-16)11-15-7-14(10-19)8-17(18)9-15/h4,6-9,12-13,20H,3,5,11H2,1-2H3. The normalized spacial score (nSPS) is 12.1. The van der Waals surface area contributed by atoms with E-state index < -0.39 is 0 Å². The highest BCUT2D eigenvalue weighted by molar-refractivity contribution is 5.34. The van der Waals surface area contributed by atoms with Gasteiger partial charge in [0.15, 0.2) is 0 Å². The van der Waals surface area contributed by atoms with E-state index in [9.17, 15) is 4.39 Å². The fourth-order valence-corrected chi connectivity index (χ4v) is 2.31. The summed E-state index contributed by atoms with van der Waals surface area (Å²) >= 11 is 0. The van der Waals surface area contributed by atoms with Gasteiger partial charge in [-0.2, -0.15) is 5.26 Å². The van der Waals surface area contributed by atoms with E-state index in [2.05, 4.69) is 31.4 Å². The minimum absolute atomic E-state index is 0.299. The minimum Gasteiger partial charge on any atom is -0.350 e. The third kappa shape index (κ3) is 4.17. The largest absolute Gasteiger partial charge is 0.350 e. The number of hydrogen-bond acceptors (Lipinski definition) is 2. The third-order valence-corrected chi connectivity index (χ3v) is 3.43. The summed E-state index contributed by atoms with van der Waals surface area (Å²) in [5, 5.41) is 12.3. The van der Waals surface area contributed by atoms with Gasteiger partial charge in [-0.15, -0.1) is 0 Å². The summed E-state index contributed by atoms with van der Waals surface area (Å²) in [7, 11) is 0. The second-order valence-electron chi connectivity index (χ2n) is 5.25. The number of rotatable bonds is 6. The van der Waals surface area contributed by atoms with Crippen LogP contribution >= 0.6 is 0 Å². The van der Waals surface area contributed by atoms with Crippen molar-refractivity contribution < 1.29 is 4.39 Å². The molecule has 0 aliphatic carbocycles. The van der Waals surface area contributed by atoms with E-state index in [0.29, 0.717) is 18.2 Å². The lowest BCUT2D eigenvalue weighted by Crippen LogP contribution is -2.18. The second-order valence-corrected chi connectivity index (χ2v) is 5.25. The van der Waals surface area contributed by atoms with E-state index in [1.165, 1.54) is 17.7 Å². The van der Waals surface area contributed by atoms with Crippen molar-refractivity contribution in [2.75, 3.05) is 6.54 Å². The van der Waals surface area contributed by atoms with Crippen LogP contribution in [0.5, 0.6) is 0 Å². The van der Waals surface area contributed by atoms with Crippen LogP contribution in [0, 0.1) is 17.1 Å². The van der Waals surface area contributed by atoms with Gasteiger partial charge in [0.05, 0.1) is 11.6 Å². The summed E-state index contributed by atoms with van der Waals surface area (Å²) in [5.41, 5.74) is 2.36. The molecule has 0 aliphatic rings. The highest BCUT2D eigenvalue weighted by Gasteiger charge is 2.07. The number of nitrogens with one attached hydrogen (secondary N) is 1. The molecule has 1 aromatic carbocycles. The first-order valence-electron chi connectivity index (χ1n) is 7.21. The van der Waals surface area contributed by atoms with Crippen molar-refractivity contribution in [1.29, 1.82) is 5.26 Å². The Morgan fingerprint density at radius 1 is 1.38 bits per heavy atom. The Hall–Kier alpha value is -2.12. The van der Waals surface area contributed by atoms with Crippen LogP contribution in [-0.2, 0) is 6.54 Å². The Kier molecular flexibility index (Phi) is 5.13. The van der Waals surface area contributed by atoms with Crippen LogP contribution in [0.15, 0.2) is 36.7 Å². The lowest BCUT2D eigenvalue weighted by Gasteiger charge is -2.11. The molecule has 2 aromatic rings. The first-order valence-corrected chi connectivity index (χ1v) is 7.21. The maximum absolute atomic E-state index is 13.4. The maximum Gasteiger partial charge on any atom is 0.124 e. The molecule has 0 spiro atoms. The van der Waals surface area contributed by atoms with Crippen LogP contribution in [0.1, 0.15) is 43.0 Å². The number of hydrogen-bond donors (Lipinski definition) is 1. The Morgan fingerprint density at radius 2 is 2.19 bits per heavy atom. The van der Waals surface area contributed by atoms with Gasteiger partial charge in [0, 0.05) is 25.0 Å². The Balaban J connectivity index is 2.09. The number of nitrogens with zero attached hydrogens (tertiary/aromatic N) is 2. The van der Waals surface area contributed by atoms with Crippen molar-refractivity contribution >= 4 is 0 Å². The summed E-state index contributed by atoms with van der Waals surface area (Å²) < 4.78 is 15.4. The van der Waals surface area contributed by atoms with E-state index in [4.69, 9.17) is 5.26 Å². The zero-order valence-electron chi connectivity index (χ0n) is 12.4. The average Bonchev–Trinajstić information content (AvgIpc) is 2.92. The van der Waals surface area contributed by atoms with Gasteiger partial charge >= 0.3 is 0 Å². The quantitative estimate of drug-likeness (QED) is 0.881. The van der Waals surface area contributed by atoms with E-state index in [0.717, 1.165) is 18.5 Å². The monoisotopic (exact) mass is 285 g/mol. The van der Waals surface area contributed by atoms with Gasteiger partial charge in [-0.25, -0.2) is 4.39 Å². The number of aromatic nitrogens is 1. The van der Waals surface area contributed by atoms with Gasteiger partial charge in [0.25, 0.3) is 0 Å². The Labute approximate surface area is 125 Å². The summed E-state index contributed by atoms with van der Waals surface area (Å²) in [6, 6.07) is 8.79. The zero-order chi connectivity index (χ0) is 15.2. The van der Waals surface area contributed by atoms with Crippen molar-refractivity contribution in [1.82, 2.24) is 9.88 Å². The fraction of sp³-hybridized carbons (Fsp3) is 0.353. The van der Waals surface area contributed by atoms with Gasteiger partial charge in [0.2, 0.25) is 0 Å². The number of nitriles is 1. The molecule has 0 aliphatic heterocycles. The summed E-state index contributed by atoms with van der Waals surface area (Å²) in [6.07, 6.45) is 5.14. The molecule has 1 heterocycles. The maximum atomic E-state index is 13.4. The van der Waals surface area contributed by atoms with Gasteiger partial charge < -0.3 is 9.88 Å². The van der Waals surface area contributed by atoms with Crippen molar-refractivity contribution in [2.24, 2.45) is 0 Å². The summed E-state index contributed by atoms with van der Waals surface area (Å²) in [4.78, 5) is 0. The SMILES string of the molecule is CCCNC(C)c1ccn(Cc2cc(F)cc(C#N)c2)c1. The van der Waals surface area contributed by atoms with Crippen LogP contribution < -0.4 is 5.32 Å². The van der Waals surface area contributed by atoms with Crippen LogP contribution in [0.2, 0.25) is 0 Å². The predicted molar refractivity (Wildman–Crippen MR) is 81.4 cm³/mol. The molecule has 0 bridgehead atoms. The molecule has 0 radical (unpaired) electrons. The zero-order valence-corrected chi connectivity index (χ0v) is 12.4. The molecule has 0 saturated carbocycles. The summed E-state index contributed by atoms with van der Waals surface area (Å²) in [5.74, 6) is -0.366. The van der Waals surface area contributed by atoms with Gasteiger partial charge in [-0.3, -0.25) is 0 Å². The molecule has 2 rings (SSSR count). The first kappa shape index (κ1) is 15.3. The topological polar surface area (TPSA) is 40.8 Å². The van der Waals surface area contributed by atoms with Gasteiger partial charge in [0.1, 0.15) is 5.82 Å². The molecular weight excluding hydrogens is 265 g/mol. The molecular formula is C17H20FN3. The first-order chi connectivity index (χ1) is 10.1. The smallest absolute Gasteiger partial charge is 0.124 e. The van der Waals surface area contributed by atoms with E-state index in [1.807, 2.05) is 16.8 Å². The molecule has 110 valence electrons. The average molecular weight is 285 g/mol. The fourth-order valence-electron chi connectivity index (χ4n) is 2.31. The minimum atomic E-state index is -0.366. The molecule has 21 heavy (non-hydrogen) atoms. The number of benzene rings is 1. The van der Waals surface area contributed by atoms with Gasteiger partial charge in [-0.1, -0.05) is 6.92 Å². The second kappa shape index (κ2) is 7.05. The van der Waals surface area contributed by atoms with Crippen molar-refractivity contribution in [3.8, 4) is 6.07 Å². The van der Waals surface area contributed by atoms with Crippen LogP contribution in [-0.4, -0.2) is 11.1 Å². The molecule has 1 unspecified atom stereocenters. The number of halogens is 1. The molecule has 3 nitrogen and oxygen atoms in total. The highest BCUT2D eigenvalue weighted by Crippen LogP contribution is 2.15. The molecule has 1 atom stereocenters. The predicted octanol–water partition coefficient (Wildman–Crippen LogP) is 3.61. The Morgan fingerprint density at radius 3 is 2.90 bits per heavy atom. The molecule has 1 N–H and O–H groups in total. The van der Waals surface area contributed by atoms with Crippen molar-refractivity contribution in [3.63, 3.8) is 0 Å². The van der Waals surface area contributed by atoms with E-state index in [-0.39, 0.29) is 5.82 Å². The van der Waals surface area contributed by atoms with Crippen LogP contribution in [0.25, 0.3) is 0 Å². The van der Waals surface area contributed by atoms with Crippen LogP contribution in [0.3, 0.4) is 0 Å². The molecule has 1 aromatic heterocycles. The van der Waals surface area contributed by atoms with Crippen molar-refractivity contribution in [3.05, 3.63) is 59.2 Å².